The number of carbonyl (C=O) groups excluding carboxylic acids is 2. The average Bonchev–Trinajstić information content (AvgIpc) is 3.02. The van der Waals surface area contributed by atoms with Crippen LogP contribution in [0.3, 0.4) is 0 Å². The molecular weight excluding hydrogens is 294 g/mol. The predicted molar refractivity (Wildman–Crippen MR) is 87.8 cm³/mol. The molecule has 0 saturated heterocycles. The predicted octanol–water partition coefficient (Wildman–Crippen LogP) is 1.62. The number of rotatable bonds is 4. The summed E-state index contributed by atoms with van der Waals surface area (Å²) in [5.74, 6) is 0.255. The van der Waals surface area contributed by atoms with E-state index in [0.29, 0.717) is 23.5 Å². The van der Waals surface area contributed by atoms with Gasteiger partial charge in [0.1, 0.15) is 5.75 Å². The van der Waals surface area contributed by atoms with Gasteiger partial charge in [-0.2, -0.15) is 0 Å². The van der Waals surface area contributed by atoms with Crippen molar-refractivity contribution >= 4 is 17.5 Å². The highest BCUT2D eigenvalue weighted by Crippen LogP contribution is 2.33. The first-order valence-corrected chi connectivity index (χ1v) is 8.02. The molecule has 3 rings (SSSR count). The van der Waals surface area contributed by atoms with Crippen LogP contribution in [-0.2, 0) is 4.79 Å². The molecule has 2 amide bonds. The summed E-state index contributed by atoms with van der Waals surface area (Å²) in [6.07, 6.45) is 4.64. The second-order valence-corrected chi connectivity index (χ2v) is 6.56. The van der Waals surface area contributed by atoms with Gasteiger partial charge < -0.3 is 20.3 Å². The molecule has 2 aliphatic rings. The number of carbonyl (C=O) groups is 2. The minimum absolute atomic E-state index is 0.0121. The number of benzene rings is 1. The van der Waals surface area contributed by atoms with E-state index in [1.807, 2.05) is 0 Å². The van der Waals surface area contributed by atoms with Crippen LogP contribution in [0.15, 0.2) is 18.2 Å². The highest BCUT2D eigenvalue weighted by atomic mass is 16.5. The third kappa shape index (κ3) is 3.17. The normalized spacial score (nSPS) is 19.0. The van der Waals surface area contributed by atoms with Crippen LogP contribution in [0.5, 0.6) is 5.75 Å². The van der Waals surface area contributed by atoms with E-state index in [1.54, 1.807) is 18.2 Å². The van der Waals surface area contributed by atoms with Crippen molar-refractivity contribution in [2.24, 2.45) is 0 Å². The van der Waals surface area contributed by atoms with E-state index in [-0.39, 0.29) is 24.0 Å². The number of anilines is 1. The number of amides is 2. The van der Waals surface area contributed by atoms with Crippen LogP contribution in [0.25, 0.3) is 0 Å². The third-order valence-electron chi connectivity index (χ3n) is 4.94. The number of nitrogens with zero attached hydrogens (tertiary/aromatic N) is 1. The lowest BCUT2D eigenvalue weighted by atomic mass is 9.96. The molecule has 0 radical (unpaired) electrons. The lowest BCUT2D eigenvalue weighted by Crippen LogP contribution is -2.50. The van der Waals surface area contributed by atoms with Crippen LogP contribution in [0, 0.1) is 0 Å². The molecular formula is C17H23N3O3. The summed E-state index contributed by atoms with van der Waals surface area (Å²) >= 11 is 0. The van der Waals surface area contributed by atoms with E-state index < -0.39 is 0 Å². The molecule has 1 heterocycles. The average molecular weight is 317 g/mol. The Bertz CT molecular complexity index is 622. The van der Waals surface area contributed by atoms with Crippen molar-refractivity contribution < 1.29 is 14.3 Å². The minimum Gasteiger partial charge on any atom is -0.482 e. The lowest BCUT2D eigenvalue weighted by Gasteiger charge is -2.36. The number of fused-ring (bicyclic) bond motifs is 1. The molecule has 1 aliphatic heterocycles. The van der Waals surface area contributed by atoms with Gasteiger partial charge in [-0.1, -0.05) is 12.8 Å². The molecule has 0 bridgehead atoms. The summed E-state index contributed by atoms with van der Waals surface area (Å²) in [5.41, 5.74) is 1.22. The van der Waals surface area contributed by atoms with Crippen molar-refractivity contribution in [3.8, 4) is 5.75 Å². The Kier molecular flexibility index (Phi) is 4.26. The molecule has 2 N–H and O–H groups in total. The highest BCUT2D eigenvalue weighted by molar-refractivity contribution is 5.99. The maximum Gasteiger partial charge on any atom is 0.262 e. The van der Waals surface area contributed by atoms with Crippen molar-refractivity contribution in [3.05, 3.63) is 23.8 Å². The van der Waals surface area contributed by atoms with Gasteiger partial charge in [0, 0.05) is 17.6 Å². The first-order valence-electron chi connectivity index (χ1n) is 8.02. The monoisotopic (exact) mass is 317 g/mol. The standard InChI is InChI=1S/C17H23N3O3/c1-20(2)17(7-3-4-8-17)11-18-16(22)12-5-6-13-14(9-12)23-10-15(21)19-13/h5-6,9H,3-4,7-8,10-11H2,1-2H3,(H,18,22)(H,19,21). The van der Waals surface area contributed by atoms with Crippen LogP contribution in [0.1, 0.15) is 36.0 Å². The molecule has 1 aromatic rings. The number of hydrogen-bond donors (Lipinski definition) is 2. The molecule has 0 atom stereocenters. The molecule has 1 aromatic carbocycles. The molecule has 1 saturated carbocycles. The zero-order valence-corrected chi connectivity index (χ0v) is 13.6. The van der Waals surface area contributed by atoms with Crippen LogP contribution < -0.4 is 15.4 Å². The quantitative estimate of drug-likeness (QED) is 0.885. The van der Waals surface area contributed by atoms with E-state index in [1.165, 1.54) is 12.8 Å². The maximum absolute atomic E-state index is 12.4. The second-order valence-electron chi connectivity index (χ2n) is 6.56. The van der Waals surface area contributed by atoms with Crippen molar-refractivity contribution in [1.29, 1.82) is 0 Å². The number of hydrogen-bond acceptors (Lipinski definition) is 4. The van der Waals surface area contributed by atoms with Crippen LogP contribution in [0.2, 0.25) is 0 Å². The minimum atomic E-state index is -0.177. The van der Waals surface area contributed by atoms with E-state index in [2.05, 4.69) is 29.6 Å². The second kappa shape index (κ2) is 6.20. The summed E-state index contributed by atoms with van der Waals surface area (Å²) in [6.45, 7) is 0.634. The Morgan fingerprint density at radius 2 is 2.09 bits per heavy atom. The van der Waals surface area contributed by atoms with Crippen LogP contribution >= 0.6 is 0 Å². The summed E-state index contributed by atoms with van der Waals surface area (Å²) in [5, 5.41) is 5.78. The Morgan fingerprint density at radius 1 is 1.35 bits per heavy atom. The lowest BCUT2D eigenvalue weighted by molar-refractivity contribution is -0.118. The summed E-state index contributed by atoms with van der Waals surface area (Å²) in [6, 6.07) is 5.10. The van der Waals surface area contributed by atoms with Crippen molar-refractivity contribution in [3.63, 3.8) is 0 Å². The van der Waals surface area contributed by atoms with Gasteiger partial charge in [0.15, 0.2) is 6.61 Å². The van der Waals surface area contributed by atoms with E-state index in [0.717, 1.165) is 12.8 Å². The van der Waals surface area contributed by atoms with Gasteiger partial charge in [0.2, 0.25) is 0 Å². The number of likely N-dealkylation sites (N-methyl/N-ethyl adjacent to an activating group) is 1. The van der Waals surface area contributed by atoms with Gasteiger partial charge in [-0.05, 0) is 45.1 Å². The third-order valence-corrected chi connectivity index (χ3v) is 4.94. The molecule has 0 aromatic heterocycles. The Labute approximate surface area is 136 Å². The van der Waals surface area contributed by atoms with Crippen molar-refractivity contribution in [2.45, 2.75) is 31.2 Å². The summed E-state index contributed by atoms with van der Waals surface area (Å²) in [7, 11) is 4.15. The van der Waals surface area contributed by atoms with Crippen molar-refractivity contribution in [2.75, 3.05) is 32.6 Å². The number of ether oxygens (including phenoxy) is 1. The molecule has 0 unspecified atom stereocenters. The van der Waals surface area contributed by atoms with Crippen LogP contribution in [0.4, 0.5) is 5.69 Å². The van der Waals surface area contributed by atoms with E-state index >= 15 is 0 Å². The Morgan fingerprint density at radius 3 is 2.78 bits per heavy atom. The zero-order chi connectivity index (χ0) is 16.4. The molecule has 124 valence electrons. The first-order chi connectivity index (χ1) is 11.0. The Hall–Kier alpha value is -2.08. The fourth-order valence-electron chi connectivity index (χ4n) is 3.38. The van der Waals surface area contributed by atoms with E-state index in [4.69, 9.17) is 4.74 Å². The molecule has 1 aliphatic carbocycles. The van der Waals surface area contributed by atoms with Crippen LogP contribution in [-0.4, -0.2) is 49.5 Å². The zero-order valence-electron chi connectivity index (χ0n) is 13.6. The van der Waals surface area contributed by atoms with E-state index in [9.17, 15) is 9.59 Å². The van der Waals surface area contributed by atoms with Gasteiger partial charge in [0.05, 0.1) is 5.69 Å². The fraction of sp³-hybridized carbons (Fsp3) is 0.529. The molecule has 6 nitrogen and oxygen atoms in total. The summed E-state index contributed by atoms with van der Waals surface area (Å²) < 4.78 is 5.36. The molecule has 6 heteroatoms. The first kappa shape index (κ1) is 15.8. The van der Waals surface area contributed by atoms with Gasteiger partial charge in [-0.15, -0.1) is 0 Å². The molecule has 1 fully saturated rings. The smallest absolute Gasteiger partial charge is 0.262 e. The number of nitrogens with one attached hydrogen (secondary N) is 2. The molecule has 0 spiro atoms. The van der Waals surface area contributed by atoms with Gasteiger partial charge in [-0.25, -0.2) is 0 Å². The highest BCUT2D eigenvalue weighted by Gasteiger charge is 2.36. The topological polar surface area (TPSA) is 70.7 Å². The van der Waals surface area contributed by atoms with Gasteiger partial charge >= 0.3 is 0 Å². The Balaban J connectivity index is 1.68. The van der Waals surface area contributed by atoms with Gasteiger partial charge in [0.25, 0.3) is 11.8 Å². The summed E-state index contributed by atoms with van der Waals surface area (Å²) in [4.78, 5) is 25.9. The fourth-order valence-corrected chi connectivity index (χ4v) is 3.38. The largest absolute Gasteiger partial charge is 0.482 e. The SMILES string of the molecule is CN(C)C1(CNC(=O)c2ccc3c(c2)OCC(=O)N3)CCCC1. The maximum atomic E-state index is 12.4. The van der Waals surface area contributed by atoms with Crippen molar-refractivity contribution in [1.82, 2.24) is 10.2 Å². The van der Waals surface area contributed by atoms with Gasteiger partial charge in [-0.3, -0.25) is 9.59 Å². The molecule has 23 heavy (non-hydrogen) atoms.